The summed E-state index contributed by atoms with van der Waals surface area (Å²) < 4.78 is 0. The maximum absolute atomic E-state index is 6.39. The SMILES string of the molecule is CCC1CN(CC(N)(CC)CC)CCN1C. The number of nitrogens with two attached hydrogens (primary N) is 1. The Morgan fingerprint density at radius 2 is 1.81 bits per heavy atom. The molecule has 1 atom stereocenters. The van der Waals surface area contributed by atoms with Crippen LogP contribution in [0, 0.1) is 0 Å². The fraction of sp³-hybridized carbons (Fsp3) is 1.00. The van der Waals surface area contributed by atoms with Crippen LogP contribution in [-0.2, 0) is 0 Å². The van der Waals surface area contributed by atoms with E-state index < -0.39 is 0 Å². The van der Waals surface area contributed by atoms with Gasteiger partial charge in [-0.3, -0.25) is 4.90 Å². The highest BCUT2D eigenvalue weighted by atomic mass is 15.3. The Morgan fingerprint density at radius 1 is 1.19 bits per heavy atom. The van der Waals surface area contributed by atoms with Crippen LogP contribution in [0.4, 0.5) is 0 Å². The minimum Gasteiger partial charge on any atom is -0.324 e. The van der Waals surface area contributed by atoms with E-state index in [-0.39, 0.29) is 5.54 Å². The van der Waals surface area contributed by atoms with Crippen LogP contribution in [0.1, 0.15) is 40.0 Å². The maximum Gasteiger partial charge on any atom is 0.0278 e. The molecule has 1 unspecified atom stereocenters. The fourth-order valence-corrected chi connectivity index (χ4v) is 2.51. The molecule has 0 saturated carbocycles. The van der Waals surface area contributed by atoms with E-state index >= 15 is 0 Å². The zero-order valence-corrected chi connectivity index (χ0v) is 11.5. The molecule has 0 aromatic carbocycles. The van der Waals surface area contributed by atoms with Crippen molar-refractivity contribution in [2.24, 2.45) is 5.73 Å². The van der Waals surface area contributed by atoms with Crippen LogP contribution >= 0.6 is 0 Å². The van der Waals surface area contributed by atoms with Crippen LogP contribution in [0.25, 0.3) is 0 Å². The summed E-state index contributed by atoms with van der Waals surface area (Å²) in [6, 6.07) is 0.715. The molecule has 1 saturated heterocycles. The van der Waals surface area contributed by atoms with E-state index in [9.17, 15) is 0 Å². The van der Waals surface area contributed by atoms with Crippen molar-refractivity contribution in [1.29, 1.82) is 0 Å². The van der Waals surface area contributed by atoms with Crippen molar-refractivity contribution in [3.05, 3.63) is 0 Å². The smallest absolute Gasteiger partial charge is 0.0278 e. The Morgan fingerprint density at radius 3 is 2.31 bits per heavy atom. The molecule has 2 N–H and O–H groups in total. The van der Waals surface area contributed by atoms with Gasteiger partial charge in [0.15, 0.2) is 0 Å². The lowest BCUT2D eigenvalue weighted by molar-refractivity contribution is 0.0743. The Hall–Kier alpha value is -0.120. The molecule has 0 amide bonds. The molecular formula is C13H29N3. The van der Waals surface area contributed by atoms with Gasteiger partial charge in [-0.2, -0.15) is 0 Å². The third-order valence-electron chi connectivity index (χ3n) is 4.28. The molecule has 0 spiro atoms. The second kappa shape index (κ2) is 5.99. The van der Waals surface area contributed by atoms with Gasteiger partial charge in [-0.1, -0.05) is 20.8 Å². The van der Waals surface area contributed by atoms with Crippen LogP contribution < -0.4 is 5.73 Å². The second-order valence-corrected chi connectivity index (χ2v) is 5.35. The van der Waals surface area contributed by atoms with Gasteiger partial charge in [0.25, 0.3) is 0 Å². The summed E-state index contributed by atoms with van der Waals surface area (Å²) in [6.45, 7) is 11.3. The predicted molar refractivity (Wildman–Crippen MR) is 70.6 cm³/mol. The minimum absolute atomic E-state index is 0.0220. The Labute approximate surface area is 101 Å². The maximum atomic E-state index is 6.39. The molecule has 1 fully saturated rings. The van der Waals surface area contributed by atoms with Gasteiger partial charge in [-0.15, -0.1) is 0 Å². The van der Waals surface area contributed by atoms with E-state index in [4.69, 9.17) is 5.73 Å². The quantitative estimate of drug-likeness (QED) is 0.773. The van der Waals surface area contributed by atoms with Crippen molar-refractivity contribution in [2.75, 3.05) is 33.2 Å². The van der Waals surface area contributed by atoms with E-state index in [0.717, 1.165) is 19.4 Å². The zero-order valence-electron chi connectivity index (χ0n) is 11.5. The fourth-order valence-electron chi connectivity index (χ4n) is 2.51. The summed E-state index contributed by atoms with van der Waals surface area (Å²) >= 11 is 0. The normalized spacial score (nSPS) is 24.9. The van der Waals surface area contributed by atoms with Crippen molar-refractivity contribution in [2.45, 2.75) is 51.6 Å². The number of nitrogens with zero attached hydrogens (tertiary/aromatic N) is 2. The van der Waals surface area contributed by atoms with Crippen LogP contribution in [0.15, 0.2) is 0 Å². The van der Waals surface area contributed by atoms with Crippen LogP contribution in [0.5, 0.6) is 0 Å². The first-order chi connectivity index (χ1) is 7.54. The van der Waals surface area contributed by atoms with Crippen LogP contribution in [-0.4, -0.2) is 54.6 Å². The van der Waals surface area contributed by atoms with Crippen molar-refractivity contribution in [1.82, 2.24) is 9.80 Å². The largest absolute Gasteiger partial charge is 0.324 e. The molecule has 1 aliphatic heterocycles. The van der Waals surface area contributed by atoms with Crippen molar-refractivity contribution < 1.29 is 0 Å². The van der Waals surface area contributed by atoms with E-state index in [1.807, 2.05) is 0 Å². The summed E-state index contributed by atoms with van der Waals surface area (Å²) in [5.41, 5.74) is 6.42. The highest BCUT2D eigenvalue weighted by Crippen LogP contribution is 2.17. The van der Waals surface area contributed by atoms with Gasteiger partial charge in [0, 0.05) is 37.8 Å². The van der Waals surface area contributed by atoms with Crippen molar-refractivity contribution >= 4 is 0 Å². The van der Waals surface area contributed by atoms with Gasteiger partial charge in [0.1, 0.15) is 0 Å². The molecule has 0 bridgehead atoms. The molecule has 96 valence electrons. The first-order valence-corrected chi connectivity index (χ1v) is 6.76. The summed E-state index contributed by atoms with van der Waals surface area (Å²) in [4.78, 5) is 5.04. The molecule has 16 heavy (non-hydrogen) atoms. The zero-order chi connectivity index (χ0) is 12.2. The number of rotatable bonds is 5. The van der Waals surface area contributed by atoms with E-state index in [1.165, 1.54) is 26.1 Å². The summed E-state index contributed by atoms with van der Waals surface area (Å²) in [5.74, 6) is 0. The summed E-state index contributed by atoms with van der Waals surface area (Å²) in [5, 5.41) is 0. The van der Waals surface area contributed by atoms with Crippen molar-refractivity contribution in [3.63, 3.8) is 0 Å². The molecule has 3 heteroatoms. The second-order valence-electron chi connectivity index (χ2n) is 5.35. The van der Waals surface area contributed by atoms with Gasteiger partial charge in [-0.05, 0) is 26.3 Å². The Kier molecular flexibility index (Phi) is 5.22. The lowest BCUT2D eigenvalue weighted by Gasteiger charge is -2.42. The van der Waals surface area contributed by atoms with Gasteiger partial charge in [0.2, 0.25) is 0 Å². The average molecular weight is 227 g/mol. The lowest BCUT2D eigenvalue weighted by Crippen LogP contribution is -2.57. The number of hydrogen-bond acceptors (Lipinski definition) is 3. The molecule has 1 heterocycles. The first-order valence-electron chi connectivity index (χ1n) is 6.76. The lowest BCUT2D eigenvalue weighted by atomic mass is 9.93. The molecule has 1 aliphatic rings. The van der Waals surface area contributed by atoms with Gasteiger partial charge < -0.3 is 10.6 Å². The predicted octanol–water partition coefficient (Wildman–Crippen LogP) is 1.53. The van der Waals surface area contributed by atoms with E-state index in [1.54, 1.807) is 0 Å². The Balaban J connectivity index is 2.49. The first kappa shape index (κ1) is 13.9. The molecule has 0 aromatic rings. The Bertz CT molecular complexity index is 201. The molecule has 3 nitrogen and oxygen atoms in total. The topological polar surface area (TPSA) is 32.5 Å². The standard InChI is InChI=1S/C13H29N3/c1-5-12-10-16(9-8-15(12)4)11-13(14,6-2)7-3/h12H,5-11,14H2,1-4H3. The van der Waals surface area contributed by atoms with E-state index in [2.05, 4.69) is 37.6 Å². The van der Waals surface area contributed by atoms with Crippen LogP contribution in [0.3, 0.4) is 0 Å². The number of piperazine rings is 1. The average Bonchev–Trinajstić information content (AvgIpc) is 2.31. The van der Waals surface area contributed by atoms with E-state index in [0.29, 0.717) is 6.04 Å². The summed E-state index contributed by atoms with van der Waals surface area (Å²) in [7, 11) is 2.24. The highest BCUT2D eigenvalue weighted by molar-refractivity contribution is 4.88. The molecule has 0 aromatic heterocycles. The number of likely N-dealkylation sites (N-methyl/N-ethyl adjacent to an activating group) is 1. The third-order valence-corrected chi connectivity index (χ3v) is 4.28. The minimum atomic E-state index is 0.0220. The van der Waals surface area contributed by atoms with Gasteiger partial charge in [-0.25, -0.2) is 0 Å². The highest BCUT2D eigenvalue weighted by Gasteiger charge is 2.28. The molecule has 1 rings (SSSR count). The van der Waals surface area contributed by atoms with Gasteiger partial charge >= 0.3 is 0 Å². The molecule has 0 radical (unpaired) electrons. The van der Waals surface area contributed by atoms with Crippen LogP contribution in [0.2, 0.25) is 0 Å². The molecule has 0 aliphatic carbocycles. The monoisotopic (exact) mass is 227 g/mol. The van der Waals surface area contributed by atoms with Crippen molar-refractivity contribution in [3.8, 4) is 0 Å². The molecular weight excluding hydrogens is 198 g/mol. The third kappa shape index (κ3) is 3.44. The summed E-state index contributed by atoms with van der Waals surface area (Å²) in [6.07, 6.45) is 3.39. The van der Waals surface area contributed by atoms with Gasteiger partial charge in [0.05, 0.1) is 0 Å². The number of hydrogen-bond donors (Lipinski definition) is 1.